The molecular formula is C15H19BrN2. The lowest BCUT2D eigenvalue weighted by Crippen LogP contribution is -2.07. The fraction of sp³-hybridized carbons (Fsp3) is 0.400. The van der Waals surface area contributed by atoms with Gasteiger partial charge in [0.25, 0.3) is 0 Å². The highest BCUT2D eigenvalue weighted by atomic mass is 79.9. The van der Waals surface area contributed by atoms with E-state index in [0.717, 1.165) is 24.7 Å². The van der Waals surface area contributed by atoms with E-state index in [4.69, 9.17) is 0 Å². The second kappa shape index (κ2) is 6.19. The van der Waals surface area contributed by atoms with Crippen molar-refractivity contribution in [2.75, 3.05) is 0 Å². The van der Waals surface area contributed by atoms with Crippen LogP contribution >= 0.6 is 15.9 Å². The molecule has 0 spiro atoms. The van der Waals surface area contributed by atoms with Gasteiger partial charge in [-0.25, -0.2) is 0 Å². The molecule has 0 saturated carbocycles. The Labute approximate surface area is 117 Å². The zero-order valence-corrected chi connectivity index (χ0v) is 12.6. The highest BCUT2D eigenvalue weighted by Gasteiger charge is 2.09. The van der Waals surface area contributed by atoms with E-state index < -0.39 is 0 Å². The summed E-state index contributed by atoms with van der Waals surface area (Å²) in [6, 6.07) is 8.63. The molecule has 0 N–H and O–H groups in total. The molecule has 0 aliphatic rings. The van der Waals surface area contributed by atoms with Gasteiger partial charge in [0.1, 0.15) is 0 Å². The SMILES string of the molecule is CCCc1c(CBr)cnn1Cc1cccc(C)c1. The second-order valence-corrected chi connectivity index (χ2v) is 5.21. The van der Waals surface area contributed by atoms with E-state index in [-0.39, 0.29) is 0 Å². The maximum Gasteiger partial charge on any atom is 0.0662 e. The summed E-state index contributed by atoms with van der Waals surface area (Å²) >= 11 is 3.54. The molecule has 96 valence electrons. The minimum absolute atomic E-state index is 0.865. The van der Waals surface area contributed by atoms with Crippen LogP contribution in [0.3, 0.4) is 0 Å². The first-order chi connectivity index (χ1) is 8.74. The number of rotatable bonds is 5. The zero-order valence-electron chi connectivity index (χ0n) is 11.0. The van der Waals surface area contributed by atoms with Crippen LogP contribution in [0.15, 0.2) is 30.5 Å². The van der Waals surface area contributed by atoms with Crippen LogP contribution in [-0.4, -0.2) is 9.78 Å². The van der Waals surface area contributed by atoms with Gasteiger partial charge in [-0.05, 0) is 18.9 Å². The molecule has 2 aromatic rings. The Morgan fingerprint density at radius 1 is 1.33 bits per heavy atom. The van der Waals surface area contributed by atoms with Crippen molar-refractivity contribution >= 4 is 15.9 Å². The van der Waals surface area contributed by atoms with Crippen molar-refractivity contribution in [2.45, 2.75) is 38.6 Å². The molecule has 1 heterocycles. The highest BCUT2D eigenvalue weighted by Crippen LogP contribution is 2.16. The Morgan fingerprint density at radius 2 is 2.17 bits per heavy atom. The number of nitrogens with zero attached hydrogens (tertiary/aromatic N) is 2. The number of hydrogen-bond donors (Lipinski definition) is 0. The van der Waals surface area contributed by atoms with Gasteiger partial charge in [-0.2, -0.15) is 5.10 Å². The van der Waals surface area contributed by atoms with Crippen LogP contribution in [0.2, 0.25) is 0 Å². The summed E-state index contributed by atoms with van der Waals surface area (Å²) in [4.78, 5) is 0. The number of hydrogen-bond acceptors (Lipinski definition) is 1. The van der Waals surface area contributed by atoms with Crippen LogP contribution in [0.1, 0.15) is 35.7 Å². The predicted octanol–water partition coefficient (Wildman–Crippen LogP) is 4.09. The van der Waals surface area contributed by atoms with Crippen molar-refractivity contribution in [3.05, 3.63) is 52.8 Å². The molecule has 2 nitrogen and oxygen atoms in total. The molecular weight excluding hydrogens is 288 g/mol. The highest BCUT2D eigenvalue weighted by molar-refractivity contribution is 9.08. The monoisotopic (exact) mass is 306 g/mol. The largest absolute Gasteiger partial charge is 0.265 e. The van der Waals surface area contributed by atoms with Gasteiger partial charge in [0.2, 0.25) is 0 Å². The average Bonchev–Trinajstić information content (AvgIpc) is 2.72. The van der Waals surface area contributed by atoms with E-state index in [1.807, 2.05) is 6.20 Å². The van der Waals surface area contributed by atoms with Crippen LogP contribution in [0.4, 0.5) is 0 Å². The van der Waals surface area contributed by atoms with Gasteiger partial charge in [-0.15, -0.1) is 0 Å². The molecule has 0 atom stereocenters. The van der Waals surface area contributed by atoms with E-state index in [2.05, 4.69) is 63.8 Å². The van der Waals surface area contributed by atoms with Crippen LogP contribution in [0.5, 0.6) is 0 Å². The van der Waals surface area contributed by atoms with E-state index in [0.29, 0.717) is 0 Å². The van der Waals surface area contributed by atoms with Crippen molar-refractivity contribution in [1.82, 2.24) is 9.78 Å². The third-order valence-corrected chi connectivity index (χ3v) is 3.68. The molecule has 0 unspecified atom stereocenters. The fourth-order valence-electron chi connectivity index (χ4n) is 2.21. The fourth-order valence-corrected chi connectivity index (χ4v) is 2.68. The van der Waals surface area contributed by atoms with Gasteiger partial charge >= 0.3 is 0 Å². The third kappa shape index (κ3) is 3.02. The van der Waals surface area contributed by atoms with Gasteiger partial charge in [-0.3, -0.25) is 4.68 Å². The zero-order chi connectivity index (χ0) is 13.0. The van der Waals surface area contributed by atoms with Crippen LogP contribution in [0, 0.1) is 6.92 Å². The average molecular weight is 307 g/mol. The molecule has 3 heteroatoms. The van der Waals surface area contributed by atoms with Gasteiger partial charge in [0.05, 0.1) is 12.7 Å². The topological polar surface area (TPSA) is 17.8 Å². The Bertz CT molecular complexity index is 517. The van der Waals surface area contributed by atoms with Crippen LogP contribution < -0.4 is 0 Å². The molecule has 0 bridgehead atoms. The van der Waals surface area contributed by atoms with Crippen molar-refractivity contribution in [1.29, 1.82) is 0 Å². The van der Waals surface area contributed by atoms with E-state index in [9.17, 15) is 0 Å². The van der Waals surface area contributed by atoms with Crippen molar-refractivity contribution in [3.63, 3.8) is 0 Å². The maximum absolute atomic E-state index is 4.52. The van der Waals surface area contributed by atoms with E-state index >= 15 is 0 Å². The summed E-state index contributed by atoms with van der Waals surface area (Å²) in [6.45, 7) is 5.20. The lowest BCUT2D eigenvalue weighted by atomic mass is 10.1. The lowest BCUT2D eigenvalue weighted by Gasteiger charge is -2.09. The molecule has 0 aliphatic carbocycles. The standard InChI is InChI=1S/C15H19BrN2/c1-3-5-15-14(9-16)10-17-18(15)11-13-7-4-6-12(2)8-13/h4,6-8,10H,3,5,9,11H2,1-2H3. The van der Waals surface area contributed by atoms with Crippen molar-refractivity contribution in [3.8, 4) is 0 Å². The van der Waals surface area contributed by atoms with Crippen LogP contribution in [0.25, 0.3) is 0 Å². The minimum atomic E-state index is 0.865. The van der Waals surface area contributed by atoms with Gasteiger partial charge in [0, 0.05) is 16.6 Å². The molecule has 2 rings (SSSR count). The molecule has 0 aliphatic heterocycles. The summed E-state index contributed by atoms with van der Waals surface area (Å²) in [7, 11) is 0. The number of aromatic nitrogens is 2. The third-order valence-electron chi connectivity index (χ3n) is 3.08. The first kappa shape index (κ1) is 13.3. The van der Waals surface area contributed by atoms with Crippen molar-refractivity contribution < 1.29 is 0 Å². The quantitative estimate of drug-likeness (QED) is 0.761. The molecule has 0 amide bonds. The van der Waals surface area contributed by atoms with Crippen LogP contribution in [-0.2, 0) is 18.3 Å². The molecule has 0 saturated heterocycles. The number of alkyl halides is 1. The first-order valence-corrected chi connectivity index (χ1v) is 7.51. The number of halogens is 1. The Balaban J connectivity index is 2.25. The Morgan fingerprint density at radius 3 is 2.83 bits per heavy atom. The van der Waals surface area contributed by atoms with Gasteiger partial charge in [0.15, 0.2) is 0 Å². The van der Waals surface area contributed by atoms with Gasteiger partial charge < -0.3 is 0 Å². The first-order valence-electron chi connectivity index (χ1n) is 6.39. The number of aryl methyl sites for hydroxylation is 1. The molecule has 1 aromatic heterocycles. The summed E-state index contributed by atoms with van der Waals surface area (Å²) in [5, 5.41) is 5.40. The van der Waals surface area contributed by atoms with E-state index in [1.54, 1.807) is 0 Å². The Hall–Kier alpha value is -1.09. The smallest absolute Gasteiger partial charge is 0.0662 e. The summed E-state index contributed by atoms with van der Waals surface area (Å²) < 4.78 is 2.13. The van der Waals surface area contributed by atoms with E-state index in [1.165, 1.54) is 22.4 Å². The second-order valence-electron chi connectivity index (χ2n) is 4.65. The molecule has 0 fully saturated rings. The summed E-state index contributed by atoms with van der Waals surface area (Å²) in [5.74, 6) is 0. The van der Waals surface area contributed by atoms with Crippen molar-refractivity contribution in [2.24, 2.45) is 0 Å². The molecule has 1 aromatic carbocycles. The Kier molecular flexibility index (Phi) is 4.59. The van der Waals surface area contributed by atoms with Gasteiger partial charge in [-0.1, -0.05) is 59.1 Å². The molecule has 18 heavy (non-hydrogen) atoms. The lowest BCUT2D eigenvalue weighted by molar-refractivity contribution is 0.636. The maximum atomic E-state index is 4.52. The number of benzene rings is 1. The normalized spacial score (nSPS) is 10.8. The summed E-state index contributed by atoms with van der Waals surface area (Å²) in [5.41, 5.74) is 5.29. The summed E-state index contributed by atoms with van der Waals surface area (Å²) in [6.07, 6.45) is 4.22. The molecule has 0 radical (unpaired) electrons. The predicted molar refractivity (Wildman–Crippen MR) is 79.1 cm³/mol. The minimum Gasteiger partial charge on any atom is -0.265 e.